The standard InChI is InChI=1S/C36H32O15/c37-13-25-30(44)32(46)33(47)36(51-25)50-24-12-21(43)26-20(42)11-22(14-1-5-16(38)6-2-14)48-35(26)28(24)29-31(45)27-19(41)9-18(40)10-23(27)49-34(29)15-3-7-17(39)8-4-15/h1-10,12,22,25,29-30,32-34,36-41,43-44,46-47H,11,13H2/t22-,25+,29-,30+,32-,33+,34+,36+/m0/s1. The average molecular weight is 705 g/mol. The van der Waals surface area contributed by atoms with Crippen molar-refractivity contribution in [2.24, 2.45) is 0 Å². The van der Waals surface area contributed by atoms with Gasteiger partial charge in [0, 0.05) is 18.2 Å². The van der Waals surface area contributed by atoms with Gasteiger partial charge in [0.15, 0.2) is 11.6 Å². The van der Waals surface area contributed by atoms with E-state index in [9.17, 15) is 55.5 Å². The fourth-order valence-electron chi connectivity index (χ4n) is 6.67. The average Bonchev–Trinajstić information content (AvgIpc) is 3.09. The van der Waals surface area contributed by atoms with Gasteiger partial charge in [0.25, 0.3) is 0 Å². The molecule has 15 heteroatoms. The molecule has 0 unspecified atom stereocenters. The monoisotopic (exact) mass is 704 g/mol. The summed E-state index contributed by atoms with van der Waals surface area (Å²) in [7, 11) is 0. The number of hydrogen-bond acceptors (Lipinski definition) is 15. The van der Waals surface area contributed by atoms with Crippen molar-refractivity contribution in [1.82, 2.24) is 0 Å². The van der Waals surface area contributed by atoms with Crippen LogP contribution < -0.4 is 14.2 Å². The smallest absolute Gasteiger partial charge is 0.229 e. The molecule has 15 nitrogen and oxygen atoms in total. The summed E-state index contributed by atoms with van der Waals surface area (Å²) < 4.78 is 24.3. The van der Waals surface area contributed by atoms with Crippen molar-refractivity contribution in [3.8, 4) is 46.0 Å². The molecule has 0 aliphatic carbocycles. The number of ketones is 2. The number of carbonyl (C=O) groups is 2. The Balaban J connectivity index is 1.47. The van der Waals surface area contributed by atoms with Crippen molar-refractivity contribution in [2.75, 3.05) is 6.61 Å². The second kappa shape index (κ2) is 12.9. The molecule has 1 saturated heterocycles. The Labute approximate surface area is 288 Å². The zero-order valence-electron chi connectivity index (χ0n) is 26.4. The summed E-state index contributed by atoms with van der Waals surface area (Å²) in [5.74, 6) is -5.85. The highest BCUT2D eigenvalue weighted by Crippen LogP contribution is 2.56. The van der Waals surface area contributed by atoms with Crippen LogP contribution in [0.25, 0.3) is 0 Å². The number of benzene rings is 4. The Hall–Kier alpha value is -5.58. The van der Waals surface area contributed by atoms with Crippen LogP contribution in [0.2, 0.25) is 0 Å². The second-order valence-corrected chi connectivity index (χ2v) is 12.5. The molecule has 8 atom stereocenters. The zero-order valence-corrected chi connectivity index (χ0v) is 26.4. The van der Waals surface area contributed by atoms with Crippen LogP contribution in [0, 0.1) is 0 Å². The molecule has 3 aliphatic rings. The van der Waals surface area contributed by atoms with Gasteiger partial charge in [0.2, 0.25) is 6.29 Å². The summed E-state index contributed by atoms with van der Waals surface area (Å²) in [6, 6.07) is 14.4. The topological polar surface area (TPSA) is 253 Å². The molecule has 0 saturated carbocycles. The van der Waals surface area contributed by atoms with Crippen LogP contribution in [-0.2, 0) is 4.74 Å². The largest absolute Gasteiger partial charge is 0.508 e. The van der Waals surface area contributed by atoms with E-state index in [0.29, 0.717) is 5.56 Å². The molecule has 51 heavy (non-hydrogen) atoms. The molecule has 3 heterocycles. The highest BCUT2D eigenvalue weighted by Gasteiger charge is 2.49. The van der Waals surface area contributed by atoms with Crippen LogP contribution in [0.3, 0.4) is 0 Å². The summed E-state index contributed by atoms with van der Waals surface area (Å²) in [5.41, 5.74) is -0.183. The summed E-state index contributed by atoms with van der Waals surface area (Å²) in [6.07, 6.45) is -11.4. The van der Waals surface area contributed by atoms with E-state index in [4.69, 9.17) is 18.9 Å². The van der Waals surface area contributed by atoms with Gasteiger partial charge in [0.05, 0.1) is 24.5 Å². The maximum Gasteiger partial charge on any atom is 0.229 e. The molecule has 0 amide bonds. The van der Waals surface area contributed by atoms with E-state index in [2.05, 4.69) is 0 Å². The van der Waals surface area contributed by atoms with Crippen LogP contribution in [0.1, 0.15) is 62.0 Å². The number of rotatable bonds is 6. The number of hydrogen-bond donors (Lipinski definition) is 9. The summed E-state index contributed by atoms with van der Waals surface area (Å²) >= 11 is 0. The van der Waals surface area contributed by atoms with Crippen molar-refractivity contribution < 1.29 is 74.5 Å². The highest BCUT2D eigenvalue weighted by atomic mass is 16.7. The van der Waals surface area contributed by atoms with Gasteiger partial charge >= 0.3 is 0 Å². The predicted molar refractivity (Wildman–Crippen MR) is 171 cm³/mol. The predicted octanol–water partition coefficient (Wildman–Crippen LogP) is 2.20. The first-order valence-electron chi connectivity index (χ1n) is 15.8. The lowest BCUT2D eigenvalue weighted by Gasteiger charge is -2.41. The van der Waals surface area contributed by atoms with E-state index in [-0.39, 0.29) is 51.7 Å². The molecule has 9 N–H and O–H groups in total. The lowest BCUT2D eigenvalue weighted by molar-refractivity contribution is -0.277. The number of phenolic OH excluding ortho intramolecular Hbond substituents is 5. The van der Waals surface area contributed by atoms with Crippen LogP contribution in [0.4, 0.5) is 0 Å². The van der Waals surface area contributed by atoms with Gasteiger partial charge in [0.1, 0.15) is 93.7 Å². The normalized spacial score (nSPS) is 27.1. The molecule has 3 aliphatic heterocycles. The number of fused-ring (bicyclic) bond motifs is 2. The third kappa shape index (κ3) is 5.90. The van der Waals surface area contributed by atoms with Crippen LogP contribution in [0.5, 0.6) is 46.0 Å². The van der Waals surface area contributed by atoms with E-state index in [1.54, 1.807) is 0 Å². The molecule has 0 spiro atoms. The molecule has 1 fully saturated rings. The van der Waals surface area contributed by atoms with Crippen molar-refractivity contribution >= 4 is 11.6 Å². The number of aliphatic hydroxyl groups is 4. The van der Waals surface area contributed by atoms with Crippen molar-refractivity contribution in [2.45, 2.75) is 55.3 Å². The number of carbonyl (C=O) groups excluding carboxylic acids is 2. The third-order valence-electron chi connectivity index (χ3n) is 9.21. The minimum Gasteiger partial charge on any atom is -0.508 e. The van der Waals surface area contributed by atoms with Gasteiger partial charge in [-0.05, 0) is 35.4 Å². The van der Waals surface area contributed by atoms with Crippen molar-refractivity contribution in [1.29, 1.82) is 0 Å². The zero-order chi connectivity index (χ0) is 36.3. The van der Waals surface area contributed by atoms with Gasteiger partial charge in [-0.3, -0.25) is 9.59 Å². The number of ether oxygens (including phenoxy) is 4. The van der Waals surface area contributed by atoms with Crippen LogP contribution >= 0.6 is 0 Å². The molecule has 0 bridgehead atoms. The third-order valence-corrected chi connectivity index (χ3v) is 9.21. The first kappa shape index (κ1) is 33.9. The van der Waals surface area contributed by atoms with E-state index < -0.39 is 90.0 Å². The van der Waals surface area contributed by atoms with Gasteiger partial charge in [-0.15, -0.1) is 0 Å². The Kier molecular flexibility index (Phi) is 8.61. The molecular formula is C36H32O15. The number of aliphatic hydroxyl groups excluding tert-OH is 4. The van der Waals surface area contributed by atoms with E-state index in [0.717, 1.165) is 18.2 Å². The quantitative estimate of drug-likeness (QED) is 0.139. The Bertz CT molecular complexity index is 1990. The lowest BCUT2D eigenvalue weighted by Crippen LogP contribution is -2.60. The second-order valence-electron chi connectivity index (χ2n) is 12.5. The molecule has 0 aromatic heterocycles. The van der Waals surface area contributed by atoms with Gasteiger partial charge in [-0.2, -0.15) is 0 Å². The Morgan fingerprint density at radius 2 is 1.33 bits per heavy atom. The van der Waals surface area contributed by atoms with Gasteiger partial charge in [-0.25, -0.2) is 0 Å². The Morgan fingerprint density at radius 3 is 1.98 bits per heavy atom. The first-order valence-corrected chi connectivity index (χ1v) is 15.8. The molecule has 266 valence electrons. The highest BCUT2D eigenvalue weighted by molar-refractivity contribution is 6.09. The minimum atomic E-state index is -1.93. The molecule has 4 aromatic carbocycles. The van der Waals surface area contributed by atoms with E-state index >= 15 is 0 Å². The SMILES string of the molecule is O=C1C[C@@H](c2ccc(O)cc2)Oc2c1c(O)cc(O[C@@H]1O[C@H](CO)[C@@H](O)[C@H](O)[C@H]1O)c2[C@H]1C(=O)c2c(O)cc(O)cc2O[C@@H]1c1ccc(O)cc1. The van der Waals surface area contributed by atoms with E-state index in [1.165, 1.54) is 48.5 Å². The summed E-state index contributed by atoms with van der Waals surface area (Å²) in [4.78, 5) is 28.5. The lowest BCUT2D eigenvalue weighted by atomic mass is 9.78. The van der Waals surface area contributed by atoms with Crippen molar-refractivity contribution in [3.63, 3.8) is 0 Å². The summed E-state index contributed by atoms with van der Waals surface area (Å²) in [5, 5.41) is 93.8. The molecule has 0 radical (unpaired) electrons. The van der Waals surface area contributed by atoms with Crippen LogP contribution in [-0.4, -0.2) is 94.8 Å². The van der Waals surface area contributed by atoms with Gasteiger partial charge in [-0.1, -0.05) is 24.3 Å². The number of aromatic hydroxyl groups is 5. The number of phenols is 5. The first-order chi connectivity index (χ1) is 24.4. The molecular weight excluding hydrogens is 672 g/mol. The molecule has 4 aromatic rings. The number of Topliss-reactive ketones (excluding diaryl/α,β-unsaturated/α-hetero) is 2. The fourth-order valence-corrected chi connectivity index (χ4v) is 6.67. The Morgan fingerprint density at radius 1 is 0.706 bits per heavy atom. The van der Waals surface area contributed by atoms with E-state index in [1.807, 2.05) is 0 Å². The summed E-state index contributed by atoms with van der Waals surface area (Å²) in [6.45, 7) is -0.792. The maximum atomic E-state index is 14.7. The minimum absolute atomic E-state index is 0.0546. The van der Waals surface area contributed by atoms with Gasteiger partial charge < -0.3 is 64.9 Å². The maximum absolute atomic E-state index is 14.7. The fraction of sp³-hybridized carbons (Fsp3) is 0.278. The van der Waals surface area contributed by atoms with Crippen LogP contribution in [0.15, 0.2) is 66.7 Å². The van der Waals surface area contributed by atoms with Crippen molar-refractivity contribution in [3.05, 3.63) is 94.5 Å². The molecule has 7 rings (SSSR count).